The topological polar surface area (TPSA) is 75.9 Å². The Balaban J connectivity index is 2.45. The van der Waals surface area contributed by atoms with Gasteiger partial charge in [0.25, 0.3) is 0 Å². The van der Waals surface area contributed by atoms with Gasteiger partial charge in [0.2, 0.25) is 5.91 Å². The predicted molar refractivity (Wildman–Crippen MR) is 68.0 cm³/mol. The molecule has 0 unspecified atom stereocenters. The molecule has 0 aliphatic heterocycles. The highest BCUT2D eigenvalue weighted by molar-refractivity contribution is 5.82. The standard InChI is InChI=1S/C11H16N6O/c1-7(18)16(3)5-8-14-10(12-2)9-11(15-8)17(4)6-13-9/h6H,5H2,1-4H3,(H,12,14,15). The number of carbonyl (C=O) groups is 1. The van der Waals surface area contributed by atoms with E-state index >= 15 is 0 Å². The van der Waals surface area contributed by atoms with Crippen LogP contribution in [-0.4, -0.2) is 44.4 Å². The summed E-state index contributed by atoms with van der Waals surface area (Å²) < 4.78 is 1.83. The van der Waals surface area contributed by atoms with E-state index in [4.69, 9.17) is 0 Å². The minimum absolute atomic E-state index is 0.0188. The zero-order valence-electron chi connectivity index (χ0n) is 10.9. The second-order valence-corrected chi connectivity index (χ2v) is 4.14. The summed E-state index contributed by atoms with van der Waals surface area (Å²) in [5.41, 5.74) is 1.48. The molecule has 0 bridgehead atoms. The molecule has 7 heteroatoms. The number of anilines is 1. The minimum atomic E-state index is -0.0188. The first-order chi connectivity index (χ1) is 8.52. The van der Waals surface area contributed by atoms with Crippen molar-refractivity contribution in [2.24, 2.45) is 7.05 Å². The number of nitrogens with one attached hydrogen (secondary N) is 1. The number of fused-ring (bicyclic) bond motifs is 1. The molecule has 0 atom stereocenters. The molecule has 0 fully saturated rings. The maximum atomic E-state index is 11.2. The van der Waals surface area contributed by atoms with E-state index in [1.165, 1.54) is 6.92 Å². The van der Waals surface area contributed by atoms with E-state index in [-0.39, 0.29) is 5.91 Å². The van der Waals surface area contributed by atoms with Gasteiger partial charge in [-0.25, -0.2) is 15.0 Å². The van der Waals surface area contributed by atoms with Crippen LogP contribution in [0.5, 0.6) is 0 Å². The Kier molecular flexibility index (Phi) is 3.14. The highest BCUT2D eigenvalue weighted by Gasteiger charge is 2.13. The molecule has 0 radical (unpaired) electrons. The maximum Gasteiger partial charge on any atom is 0.219 e. The van der Waals surface area contributed by atoms with E-state index in [9.17, 15) is 4.79 Å². The van der Waals surface area contributed by atoms with Crippen molar-refractivity contribution in [1.29, 1.82) is 0 Å². The van der Waals surface area contributed by atoms with Gasteiger partial charge in [-0.05, 0) is 0 Å². The molecule has 0 aliphatic rings. The van der Waals surface area contributed by atoms with E-state index in [1.807, 2.05) is 11.6 Å². The number of rotatable bonds is 3. The smallest absolute Gasteiger partial charge is 0.219 e. The second kappa shape index (κ2) is 4.59. The van der Waals surface area contributed by atoms with Gasteiger partial charge in [-0.2, -0.15) is 0 Å². The van der Waals surface area contributed by atoms with Gasteiger partial charge >= 0.3 is 0 Å². The molecule has 0 aliphatic carbocycles. The molecule has 0 aromatic carbocycles. The molecule has 2 aromatic rings. The van der Waals surface area contributed by atoms with Gasteiger partial charge in [0.05, 0.1) is 12.9 Å². The summed E-state index contributed by atoms with van der Waals surface area (Å²) in [4.78, 5) is 25.8. The van der Waals surface area contributed by atoms with Crippen LogP contribution in [0.15, 0.2) is 6.33 Å². The summed E-state index contributed by atoms with van der Waals surface area (Å²) in [6.45, 7) is 1.90. The fraction of sp³-hybridized carbons (Fsp3) is 0.455. The summed E-state index contributed by atoms with van der Waals surface area (Å²) in [6.07, 6.45) is 1.69. The first kappa shape index (κ1) is 12.3. The van der Waals surface area contributed by atoms with E-state index in [0.717, 1.165) is 11.2 Å². The van der Waals surface area contributed by atoms with Crippen LogP contribution in [0.3, 0.4) is 0 Å². The number of aryl methyl sites for hydroxylation is 1. The second-order valence-electron chi connectivity index (χ2n) is 4.14. The normalized spacial score (nSPS) is 10.7. The van der Waals surface area contributed by atoms with Crippen molar-refractivity contribution in [3.63, 3.8) is 0 Å². The lowest BCUT2D eigenvalue weighted by atomic mass is 10.4. The lowest BCUT2D eigenvalue weighted by Crippen LogP contribution is -2.24. The molecule has 2 rings (SSSR count). The van der Waals surface area contributed by atoms with Crippen molar-refractivity contribution < 1.29 is 4.79 Å². The zero-order valence-corrected chi connectivity index (χ0v) is 10.9. The molecule has 2 heterocycles. The van der Waals surface area contributed by atoms with Crippen LogP contribution in [0.2, 0.25) is 0 Å². The first-order valence-electron chi connectivity index (χ1n) is 5.60. The molecule has 18 heavy (non-hydrogen) atoms. The SMILES string of the molecule is CNc1nc(CN(C)C(C)=O)nc2c1ncn2C. The third kappa shape index (κ3) is 2.11. The first-order valence-corrected chi connectivity index (χ1v) is 5.60. The van der Waals surface area contributed by atoms with Crippen molar-refractivity contribution in [3.8, 4) is 0 Å². The Hall–Kier alpha value is -2.18. The monoisotopic (exact) mass is 248 g/mol. The Morgan fingerprint density at radius 2 is 2.22 bits per heavy atom. The molecule has 7 nitrogen and oxygen atoms in total. The van der Waals surface area contributed by atoms with Gasteiger partial charge in [0.15, 0.2) is 17.3 Å². The van der Waals surface area contributed by atoms with E-state index in [1.54, 1.807) is 25.3 Å². The molecule has 1 amide bonds. The molecular weight excluding hydrogens is 232 g/mol. The molecule has 2 aromatic heterocycles. The highest BCUT2D eigenvalue weighted by atomic mass is 16.2. The Morgan fingerprint density at radius 3 is 2.83 bits per heavy atom. The highest BCUT2D eigenvalue weighted by Crippen LogP contribution is 2.17. The van der Waals surface area contributed by atoms with Crippen LogP contribution in [-0.2, 0) is 18.4 Å². The zero-order chi connectivity index (χ0) is 13.3. The van der Waals surface area contributed by atoms with Gasteiger partial charge in [-0.15, -0.1) is 0 Å². The van der Waals surface area contributed by atoms with Gasteiger partial charge in [-0.1, -0.05) is 0 Å². The van der Waals surface area contributed by atoms with Crippen LogP contribution in [0.25, 0.3) is 11.2 Å². The van der Waals surface area contributed by atoms with Crippen molar-refractivity contribution >= 4 is 22.9 Å². The van der Waals surface area contributed by atoms with Gasteiger partial charge < -0.3 is 14.8 Å². The molecular formula is C11H16N6O. The number of hydrogen-bond donors (Lipinski definition) is 1. The van der Waals surface area contributed by atoms with Crippen molar-refractivity contribution in [3.05, 3.63) is 12.2 Å². The fourth-order valence-corrected chi connectivity index (χ4v) is 1.62. The van der Waals surface area contributed by atoms with E-state index in [0.29, 0.717) is 18.2 Å². The van der Waals surface area contributed by atoms with Crippen LogP contribution in [0, 0.1) is 0 Å². The molecule has 0 saturated carbocycles. The summed E-state index contributed by atoms with van der Waals surface area (Å²) in [7, 11) is 5.38. The molecule has 0 spiro atoms. The Labute approximate surface area is 105 Å². The number of amides is 1. The number of hydrogen-bond acceptors (Lipinski definition) is 5. The number of carbonyl (C=O) groups excluding carboxylic acids is 1. The van der Waals surface area contributed by atoms with Crippen molar-refractivity contribution in [2.75, 3.05) is 19.4 Å². The Bertz CT molecular complexity index is 590. The number of imidazole rings is 1. The summed E-state index contributed by atoms with van der Waals surface area (Å²) in [5, 5.41) is 3.00. The lowest BCUT2D eigenvalue weighted by molar-refractivity contribution is -0.128. The lowest BCUT2D eigenvalue weighted by Gasteiger charge is -2.14. The van der Waals surface area contributed by atoms with Gasteiger partial charge in [-0.3, -0.25) is 4.79 Å². The average molecular weight is 248 g/mol. The average Bonchev–Trinajstić information content (AvgIpc) is 2.70. The summed E-state index contributed by atoms with van der Waals surface area (Å²) >= 11 is 0. The largest absolute Gasteiger partial charge is 0.371 e. The fourth-order valence-electron chi connectivity index (χ4n) is 1.62. The molecule has 1 N–H and O–H groups in total. The maximum absolute atomic E-state index is 11.2. The number of aromatic nitrogens is 4. The van der Waals surface area contributed by atoms with Gasteiger partial charge in [0.1, 0.15) is 5.52 Å². The summed E-state index contributed by atoms with van der Waals surface area (Å²) in [6, 6.07) is 0. The molecule has 96 valence electrons. The van der Waals surface area contributed by atoms with Crippen LogP contribution in [0.1, 0.15) is 12.7 Å². The van der Waals surface area contributed by atoms with Crippen LogP contribution in [0.4, 0.5) is 5.82 Å². The third-order valence-corrected chi connectivity index (χ3v) is 2.76. The van der Waals surface area contributed by atoms with E-state index in [2.05, 4.69) is 20.3 Å². The van der Waals surface area contributed by atoms with Gasteiger partial charge in [0, 0.05) is 28.1 Å². The van der Waals surface area contributed by atoms with Crippen LogP contribution >= 0.6 is 0 Å². The summed E-state index contributed by atoms with van der Waals surface area (Å²) in [5.74, 6) is 1.25. The van der Waals surface area contributed by atoms with E-state index < -0.39 is 0 Å². The van der Waals surface area contributed by atoms with Crippen LogP contribution < -0.4 is 5.32 Å². The quantitative estimate of drug-likeness (QED) is 0.850. The Morgan fingerprint density at radius 1 is 1.50 bits per heavy atom. The number of nitrogens with zero attached hydrogens (tertiary/aromatic N) is 5. The van der Waals surface area contributed by atoms with Crippen molar-refractivity contribution in [2.45, 2.75) is 13.5 Å². The minimum Gasteiger partial charge on any atom is -0.371 e. The molecule has 0 saturated heterocycles. The predicted octanol–water partition coefficient (Wildman–Crippen LogP) is 0.383. The third-order valence-electron chi connectivity index (χ3n) is 2.76. The van der Waals surface area contributed by atoms with Crippen molar-refractivity contribution in [1.82, 2.24) is 24.4 Å².